The zero-order chi connectivity index (χ0) is 15.9. The van der Waals surface area contributed by atoms with Gasteiger partial charge in [-0.2, -0.15) is 0 Å². The minimum absolute atomic E-state index is 0.124. The van der Waals surface area contributed by atoms with Crippen molar-refractivity contribution in [3.8, 4) is 0 Å². The summed E-state index contributed by atoms with van der Waals surface area (Å²) in [7, 11) is 0. The van der Waals surface area contributed by atoms with E-state index in [1.165, 1.54) is 44.5 Å². The molecule has 1 aromatic rings. The average molecular weight is 318 g/mol. The van der Waals surface area contributed by atoms with E-state index in [9.17, 15) is 0 Å². The Hall–Kier alpha value is -0.940. The van der Waals surface area contributed by atoms with Gasteiger partial charge in [0.25, 0.3) is 0 Å². The van der Waals surface area contributed by atoms with E-state index >= 15 is 0 Å². The van der Waals surface area contributed by atoms with Gasteiger partial charge in [0.15, 0.2) is 0 Å². The first-order chi connectivity index (χ1) is 11.4. The molecule has 0 radical (unpaired) electrons. The molecule has 3 rings (SSSR count). The van der Waals surface area contributed by atoms with E-state index in [0.29, 0.717) is 6.61 Å². The van der Waals surface area contributed by atoms with Gasteiger partial charge in [-0.05, 0) is 43.8 Å². The van der Waals surface area contributed by atoms with Crippen molar-refractivity contribution in [3.63, 3.8) is 0 Å². The van der Waals surface area contributed by atoms with Gasteiger partial charge in [0.1, 0.15) is 0 Å². The highest BCUT2D eigenvalue weighted by atomic mass is 16.5. The van der Waals surface area contributed by atoms with Gasteiger partial charge in [0, 0.05) is 25.7 Å². The maximum atomic E-state index is 8.76. The van der Waals surface area contributed by atoms with Crippen molar-refractivity contribution in [2.75, 3.05) is 46.0 Å². The normalized spacial score (nSPS) is 26.1. The second-order valence-corrected chi connectivity index (χ2v) is 6.85. The van der Waals surface area contributed by atoms with Crippen molar-refractivity contribution < 1.29 is 9.84 Å². The second kappa shape index (κ2) is 8.78. The van der Waals surface area contributed by atoms with Crippen LogP contribution in [0.25, 0.3) is 0 Å². The highest BCUT2D eigenvalue weighted by molar-refractivity contribution is 5.15. The van der Waals surface area contributed by atoms with Gasteiger partial charge in [-0.15, -0.1) is 0 Å². The molecular formula is C19H30N2O2. The molecule has 4 nitrogen and oxygen atoms in total. The topological polar surface area (TPSA) is 35.9 Å². The highest BCUT2D eigenvalue weighted by Crippen LogP contribution is 2.31. The summed E-state index contributed by atoms with van der Waals surface area (Å²) in [6, 6.07) is 11.6. The predicted molar refractivity (Wildman–Crippen MR) is 92.3 cm³/mol. The van der Waals surface area contributed by atoms with E-state index in [0.717, 1.165) is 31.7 Å². The molecule has 1 N–H and O–H groups in total. The summed E-state index contributed by atoms with van der Waals surface area (Å²) < 4.78 is 5.42. The summed E-state index contributed by atoms with van der Waals surface area (Å²) in [5, 5.41) is 8.76. The molecule has 2 unspecified atom stereocenters. The fourth-order valence-electron chi connectivity index (χ4n) is 4.16. The summed E-state index contributed by atoms with van der Waals surface area (Å²) in [5.41, 5.74) is 1.44. The molecule has 2 atom stereocenters. The Bertz CT molecular complexity index is 454. The molecule has 2 aliphatic heterocycles. The van der Waals surface area contributed by atoms with Crippen LogP contribution in [-0.2, 0) is 11.3 Å². The van der Waals surface area contributed by atoms with Crippen LogP contribution in [0.5, 0.6) is 0 Å². The molecule has 0 spiro atoms. The number of aliphatic hydroxyl groups excluding tert-OH is 1. The van der Waals surface area contributed by atoms with E-state index in [-0.39, 0.29) is 6.61 Å². The maximum Gasteiger partial charge on any atom is 0.0698 e. The third kappa shape index (κ3) is 4.77. The monoisotopic (exact) mass is 318 g/mol. The standard InChI is InChI=1S/C19H30N2O2/c22-12-14-23-13-11-20-10-8-19-18(16-20)7-4-9-21(19)15-17-5-2-1-3-6-17/h1-3,5-6,18-19,22H,4,7-16H2. The van der Waals surface area contributed by atoms with E-state index in [1.54, 1.807) is 0 Å². The molecule has 4 heteroatoms. The lowest BCUT2D eigenvalue weighted by Crippen LogP contribution is -2.54. The Morgan fingerprint density at radius 2 is 1.96 bits per heavy atom. The van der Waals surface area contributed by atoms with Crippen LogP contribution in [0.3, 0.4) is 0 Å². The predicted octanol–water partition coefficient (Wildman–Crippen LogP) is 1.98. The van der Waals surface area contributed by atoms with Gasteiger partial charge < -0.3 is 14.7 Å². The van der Waals surface area contributed by atoms with Gasteiger partial charge in [-0.25, -0.2) is 0 Å². The van der Waals surface area contributed by atoms with Crippen LogP contribution < -0.4 is 0 Å². The Morgan fingerprint density at radius 3 is 2.78 bits per heavy atom. The summed E-state index contributed by atoms with van der Waals surface area (Å²) in [6.07, 6.45) is 3.96. The number of ether oxygens (including phenoxy) is 1. The zero-order valence-corrected chi connectivity index (χ0v) is 14.1. The van der Waals surface area contributed by atoms with Crippen LogP contribution in [0, 0.1) is 5.92 Å². The molecule has 2 aliphatic rings. The summed E-state index contributed by atoms with van der Waals surface area (Å²) in [6.45, 7) is 7.06. The molecule has 0 amide bonds. The Morgan fingerprint density at radius 1 is 1.09 bits per heavy atom. The summed E-state index contributed by atoms with van der Waals surface area (Å²) in [5.74, 6) is 0.805. The van der Waals surface area contributed by atoms with Crippen molar-refractivity contribution in [1.82, 2.24) is 9.80 Å². The molecule has 0 saturated carbocycles. The lowest BCUT2D eigenvalue weighted by Gasteiger charge is -2.47. The number of rotatable bonds is 7. The molecule has 2 saturated heterocycles. The number of likely N-dealkylation sites (tertiary alicyclic amines) is 2. The molecule has 2 fully saturated rings. The van der Waals surface area contributed by atoms with Crippen LogP contribution in [0.1, 0.15) is 24.8 Å². The first kappa shape index (κ1) is 16.9. The summed E-state index contributed by atoms with van der Waals surface area (Å²) in [4.78, 5) is 5.26. The van der Waals surface area contributed by atoms with E-state index in [1.807, 2.05) is 0 Å². The minimum atomic E-state index is 0.124. The van der Waals surface area contributed by atoms with E-state index < -0.39 is 0 Å². The van der Waals surface area contributed by atoms with Crippen LogP contribution in [0.2, 0.25) is 0 Å². The smallest absolute Gasteiger partial charge is 0.0698 e. The molecule has 23 heavy (non-hydrogen) atoms. The van der Waals surface area contributed by atoms with Crippen molar-refractivity contribution in [3.05, 3.63) is 35.9 Å². The third-order valence-electron chi connectivity index (χ3n) is 5.28. The number of benzene rings is 1. The quantitative estimate of drug-likeness (QED) is 0.780. The highest BCUT2D eigenvalue weighted by Gasteiger charge is 2.35. The zero-order valence-electron chi connectivity index (χ0n) is 14.1. The Labute approximate surface area is 140 Å². The number of aliphatic hydroxyl groups is 1. The fraction of sp³-hybridized carbons (Fsp3) is 0.684. The SMILES string of the molecule is OCCOCCN1CCC2C(CCCN2Cc2ccccc2)C1. The molecule has 0 bridgehead atoms. The molecule has 2 heterocycles. The number of fused-ring (bicyclic) bond motifs is 1. The van der Waals surface area contributed by atoms with E-state index in [4.69, 9.17) is 9.84 Å². The summed E-state index contributed by atoms with van der Waals surface area (Å²) >= 11 is 0. The fourth-order valence-corrected chi connectivity index (χ4v) is 4.16. The molecule has 128 valence electrons. The van der Waals surface area contributed by atoms with Crippen LogP contribution >= 0.6 is 0 Å². The molecule has 0 aromatic heterocycles. The van der Waals surface area contributed by atoms with Crippen LogP contribution in [0.15, 0.2) is 30.3 Å². The average Bonchev–Trinajstić information content (AvgIpc) is 2.60. The lowest BCUT2D eigenvalue weighted by atomic mass is 9.83. The minimum Gasteiger partial charge on any atom is -0.394 e. The van der Waals surface area contributed by atoms with Crippen molar-refractivity contribution >= 4 is 0 Å². The van der Waals surface area contributed by atoms with Gasteiger partial charge >= 0.3 is 0 Å². The Balaban J connectivity index is 1.49. The van der Waals surface area contributed by atoms with E-state index in [2.05, 4.69) is 40.1 Å². The van der Waals surface area contributed by atoms with Gasteiger partial charge in [-0.1, -0.05) is 30.3 Å². The van der Waals surface area contributed by atoms with Gasteiger partial charge in [0.2, 0.25) is 0 Å². The largest absolute Gasteiger partial charge is 0.394 e. The van der Waals surface area contributed by atoms with Gasteiger partial charge in [0.05, 0.1) is 19.8 Å². The van der Waals surface area contributed by atoms with Crippen LogP contribution in [0.4, 0.5) is 0 Å². The number of nitrogens with zero attached hydrogens (tertiary/aromatic N) is 2. The van der Waals surface area contributed by atoms with Crippen molar-refractivity contribution in [1.29, 1.82) is 0 Å². The first-order valence-electron chi connectivity index (χ1n) is 9.06. The second-order valence-electron chi connectivity index (χ2n) is 6.85. The molecule has 0 aliphatic carbocycles. The van der Waals surface area contributed by atoms with Crippen molar-refractivity contribution in [2.24, 2.45) is 5.92 Å². The third-order valence-corrected chi connectivity index (χ3v) is 5.28. The first-order valence-corrected chi connectivity index (χ1v) is 9.06. The molecular weight excluding hydrogens is 288 g/mol. The number of piperidine rings is 2. The van der Waals surface area contributed by atoms with Crippen molar-refractivity contribution in [2.45, 2.75) is 31.8 Å². The number of hydrogen-bond donors (Lipinski definition) is 1. The lowest BCUT2D eigenvalue weighted by molar-refractivity contribution is 0.00458. The molecule has 1 aromatic carbocycles. The Kier molecular flexibility index (Phi) is 6.46. The number of hydrogen-bond acceptors (Lipinski definition) is 4. The van der Waals surface area contributed by atoms with Gasteiger partial charge in [-0.3, -0.25) is 4.90 Å². The van der Waals surface area contributed by atoms with Crippen LogP contribution in [-0.4, -0.2) is 66.9 Å². The maximum absolute atomic E-state index is 8.76.